The molecule has 0 aromatic carbocycles. The minimum absolute atomic E-state index is 0. The van der Waals surface area contributed by atoms with Crippen molar-refractivity contribution >= 4 is 18.9 Å². The van der Waals surface area contributed by atoms with Gasteiger partial charge in [-0.15, -0.1) is 35.6 Å². The zero-order valence-corrected chi connectivity index (χ0v) is 41.4. The molecule has 12 heteroatoms. The summed E-state index contributed by atoms with van der Waals surface area (Å²) in [5.74, 6) is 4.26. The Morgan fingerprint density at radius 1 is 0.510 bits per heavy atom. The third-order valence-electron chi connectivity index (χ3n) is 7.01. The van der Waals surface area contributed by atoms with E-state index in [9.17, 15) is 14.4 Å². The molecule has 0 N–H and O–H groups in total. The fraction of sp³-hybridized carbons (Fsp3) is 0.590. The minimum Gasteiger partial charge on any atom is -0.542 e. The number of aromatic nitrogens is 6. The molecule has 0 amide bonds. The Bertz CT molecular complexity index is 1340. The van der Waals surface area contributed by atoms with Gasteiger partial charge in [0.25, 0.3) is 0 Å². The van der Waals surface area contributed by atoms with Crippen LogP contribution in [0.25, 0.3) is 0 Å². The second-order valence-electron chi connectivity index (χ2n) is 13.5. The molecular formula is C39H54N6O3Y3-6. The Morgan fingerprint density at radius 3 is 1.18 bits per heavy atom. The fourth-order valence-electron chi connectivity index (χ4n) is 4.14. The number of carbonyl (C=O) groups excluding carboxylic acids is 3. The quantitative estimate of drug-likeness (QED) is 0.150. The van der Waals surface area contributed by atoms with Crippen LogP contribution in [0.5, 0.6) is 0 Å². The summed E-state index contributed by atoms with van der Waals surface area (Å²) in [6.07, 6.45) is 7.80. The van der Waals surface area contributed by atoms with Crippen LogP contribution in [-0.2, 0) is 132 Å². The fourth-order valence-corrected chi connectivity index (χ4v) is 4.14. The van der Waals surface area contributed by atoms with Crippen molar-refractivity contribution < 1.29 is 113 Å². The molecule has 3 radical (unpaired) electrons. The van der Waals surface area contributed by atoms with Crippen molar-refractivity contribution in [3.8, 4) is 0 Å². The van der Waals surface area contributed by atoms with E-state index in [1.165, 1.54) is 0 Å². The topological polar surface area (TPSA) is 129 Å². The molecule has 0 bridgehead atoms. The third-order valence-corrected chi connectivity index (χ3v) is 7.01. The van der Waals surface area contributed by atoms with Crippen LogP contribution in [0.4, 0.5) is 0 Å². The van der Waals surface area contributed by atoms with Crippen molar-refractivity contribution in [1.29, 1.82) is 0 Å². The van der Waals surface area contributed by atoms with Gasteiger partial charge in [-0.2, -0.15) is 18.9 Å². The molecule has 0 aliphatic heterocycles. The SMILES string of the molecule is CC(C)c1[c-]c(CC[C-]=O)nc(C(C)C)n1.CC(C)c1[c-]c(CC[C-]=O)nc(C(C)C)n1.[CH2-]c1c(C[C-]=O)nc(C(C)C)nc1C(C)C.[Y].[Y].[Y]. The van der Waals surface area contributed by atoms with E-state index in [1.807, 2.05) is 32.7 Å². The van der Waals surface area contributed by atoms with E-state index in [4.69, 9.17) is 0 Å². The van der Waals surface area contributed by atoms with Crippen LogP contribution in [0.2, 0.25) is 0 Å². The monoisotopic (exact) mass is 921 g/mol. The van der Waals surface area contributed by atoms with Gasteiger partial charge in [-0.1, -0.05) is 113 Å². The van der Waals surface area contributed by atoms with E-state index in [0.717, 1.165) is 51.5 Å². The molecule has 0 aliphatic carbocycles. The minimum atomic E-state index is 0. The molecule has 51 heavy (non-hydrogen) atoms. The van der Waals surface area contributed by atoms with Crippen LogP contribution in [0.15, 0.2) is 0 Å². The molecule has 3 aromatic rings. The summed E-state index contributed by atoms with van der Waals surface area (Å²) in [5, 5.41) is 0. The summed E-state index contributed by atoms with van der Waals surface area (Å²) in [6, 6.07) is 6.35. The molecule has 0 saturated carbocycles. The largest absolute Gasteiger partial charge is 0.542 e. The van der Waals surface area contributed by atoms with Crippen molar-refractivity contribution in [3.63, 3.8) is 0 Å². The summed E-state index contributed by atoms with van der Waals surface area (Å²) in [4.78, 5) is 57.6. The van der Waals surface area contributed by atoms with Crippen molar-refractivity contribution in [2.24, 2.45) is 0 Å². The Hall–Kier alpha value is -0.568. The maximum atomic E-state index is 10.5. The van der Waals surface area contributed by atoms with E-state index in [1.54, 1.807) is 0 Å². The normalized spacial score (nSPS) is 10.5. The summed E-state index contributed by atoms with van der Waals surface area (Å²) in [5.41, 5.74) is 5.93. The molecule has 0 atom stereocenters. The standard InChI is InChI=1S/3C13H18N2O.3Y/c1-8(2)12-10(5)11(6-7-16)14-13(15-12)9(3)4;2*1-9(2)12-8-11(6-5-7-16)14-13(15-12)10(3)4;;;/h8-9H,5-6H2,1-4H3;2*9-10H,5-6H2,1-4H3;;;/q3*-2;;;. The molecule has 3 heterocycles. The van der Waals surface area contributed by atoms with Crippen molar-refractivity contribution in [1.82, 2.24) is 29.9 Å². The van der Waals surface area contributed by atoms with E-state index >= 15 is 0 Å². The van der Waals surface area contributed by atoms with Crippen LogP contribution >= 0.6 is 0 Å². The number of hydrogen-bond donors (Lipinski definition) is 0. The maximum Gasteiger partial charge on any atom is 0.124 e. The van der Waals surface area contributed by atoms with Crippen LogP contribution < -0.4 is 0 Å². The number of aryl methyl sites for hydroxylation is 2. The second-order valence-corrected chi connectivity index (χ2v) is 13.5. The molecule has 3 aromatic heterocycles. The molecule has 0 spiro atoms. The third kappa shape index (κ3) is 20.1. The molecule has 273 valence electrons. The molecule has 0 aliphatic rings. The molecule has 0 fully saturated rings. The predicted octanol–water partition coefficient (Wildman–Crippen LogP) is 7.68. The smallest absolute Gasteiger partial charge is 0.124 e. The first-order chi connectivity index (χ1) is 22.6. The average molecular weight is 922 g/mol. The van der Waals surface area contributed by atoms with E-state index in [0.29, 0.717) is 61.0 Å². The second kappa shape index (κ2) is 28.8. The summed E-state index contributed by atoms with van der Waals surface area (Å²) >= 11 is 0. The Balaban J connectivity index is -0.000000658. The zero-order valence-electron chi connectivity index (χ0n) is 32.8. The van der Waals surface area contributed by atoms with Crippen LogP contribution in [0.3, 0.4) is 0 Å². The summed E-state index contributed by atoms with van der Waals surface area (Å²) in [6.45, 7) is 28.7. The van der Waals surface area contributed by atoms with Gasteiger partial charge in [0.15, 0.2) is 0 Å². The van der Waals surface area contributed by atoms with Crippen molar-refractivity contribution in [2.45, 2.75) is 151 Å². The summed E-state index contributed by atoms with van der Waals surface area (Å²) in [7, 11) is 0. The van der Waals surface area contributed by atoms with Gasteiger partial charge in [0, 0.05) is 116 Å². The molecule has 0 saturated heterocycles. The van der Waals surface area contributed by atoms with Gasteiger partial charge in [-0.25, -0.2) is 0 Å². The Kier molecular flexibility index (Phi) is 30.9. The molecular weight excluding hydrogens is 867 g/mol. The van der Waals surface area contributed by atoms with Crippen LogP contribution in [-0.4, -0.2) is 48.8 Å². The average Bonchev–Trinajstić information content (AvgIpc) is 3.03. The predicted molar refractivity (Wildman–Crippen MR) is 190 cm³/mol. The first-order valence-electron chi connectivity index (χ1n) is 16.9. The summed E-state index contributed by atoms with van der Waals surface area (Å²) < 4.78 is 0. The van der Waals surface area contributed by atoms with Crippen molar-refractivity contribution in [3.05, 3.63) is 76.3 Å². The van der Waals surface area contributed by atoms with Gasteiger partial charge >= 0.3 is 0 Å². The van der Waals surface area contributed by atoms with Crippen LogP contribution in [0.1, 0.15) is 189 Å². The van der Waals surface area contributed by atoms with Gasteiger partial charge in [0.2, 0.25) is 0 Å². The number of hydrogen-bond acceptors (Lipinski definition) is 9. The van der Waals surface area contributed by atoms with Gasteiger partial charge < -0.3 is 36.5 Å². The van der Waals surface area contributed by atoms with E-state index in [2.05, 4.69) is 118 Å². The molecule has 3 rings (SSSR count). The van der Waals surface area contributed by atoms with Gasteiger partial charge in [-0.3, -0.25) is 38.8 Å². The maximum absolute atomic E-state index is 10.5. The van der Waals surface area contributed by atoms with Crippen molar-refractivity contribution in [2.75, 3.05) is 0 Å². The van der Waals surface area contributed by atoms with Gasteiger partial charge in [0.1, 0.15) is 17.5 Å². The first kappa shape index (κ1) is 54.8. The number of nitrogens with zero attached hydrogens (tertiary/aromatic N) is 6. The zero-order chi connectivity index (χ0) is 36.6. The number of rotatable bonds is 14. The Morgan fingerprint density at radius 2 is 0.882 bits per heavy atom. The molecule has 0 unspecified atom stereocenters. The Labute approximate surface area is 383 Å². The first-order valence-corrected chi connectivity index (χ1v) is 16.9. The molecule has 9 nitrogen and oxygen atoms in total. The van der Waals surface area contributed by atoms with Gasteiger partial charge in [0.05, 0.1) is 0 Å². The van der Waals surface area contributed by atoms with Crippen LogP contribution in [0, 0.1) is 19.1 Å². The van der Waals surface area contributed by atoms with E-state index < -0.39 is 0 Å². The van der Waals surface area contributed by atoms with E-state index in [-0.39, 0.29) is 110 Å². The van der Waals surface area contributed by atoms with Gasteiger partial charge in [-0.05, 0) is 11.8 Å².